The molecule has 1 amide bonds. The van der Waals surface area contributed by atoms with E-state index in [2.05, 4.69) is 16.0 Å². The van der Waals surface area contributed by atoms with Gasteiger partial charge in [0.05, 0.1) is 12.5 Å². The van der Waals surface area contributed by atoms with Gasteiger partial charge in [-0.1, -0.05) is 12.1 Å². The van der Waals surface area contributed by atoms with Crippen LogP contribution in [0, 0.1) is 0 Å². The minimum atomic E-state index is -0.869. The van der Waals surface area contributed by atoms with Crippen molar-refractivity contribution in [1.29, 1.82) is 0 Å². The van der Waals surface area contributed by atoms with Gasteiger partial charge in [-0.25, -0.2) is 0 Å². The lowest BCUT2D eigenvalue weighted by Crippen LogP contribution is -2.54. The van der Waals surface area contributed by atoms with Gasteiger partial charge in [0.15, 0.2) is 0 Å². The minimum absolute atomic E-state index is 0.0170. The van der Waals surface area contributed by atoms with Gasteiger partial charge in [0.1, 0.15) is 6.04 Å². The molecule has 2 aliphatic heterocycles. The van der Waals surface area contributed by atoms with Crippen LogP contribution in [0.15, 0.2) is 18.2 Å². The molecule has 0 aliphatic carbocycles. The Morgan fingerprint density at radius 2 is 2.05 bits per heavy atom. The van der Waals surface area contributed by atoms with Crippen LogP contribution >= 0.6 is 0 Å². The van der Waals surface area contributed by atoms with Crippen LogP contribution in [-0.4, -0.2) is 36.1 Å². The molecule has 2 unspecified atom stereocenters. The van der Waals surface area contributed by atoms with Gasteiger partial charge < -0.3 is 21.1 Å². The molecule has 6 heteroatoms. The average molecular weight is 261 g/mol. The summed E-state index contributed by atoms with van der Waals surface area (Å²) in [6.45, 7) is 1.36. The van der Waals surface area contributed by atoms with Gasteiger partial charge in [-0.3, -0.25) is 9.59 Å². The molecular weight excluding hydrogens is 246 g/mol. The number of carboxylic acid groups (broad SMARTS) is 1. The summed E-state index contributed by atoms with van der Waals surface area (Å²) in [5.74, 6) is -0.886. The van der Waals surface area contributed by atoms with Crippen molar-refractivity contribution in [2.24, 2.45) is 0 Å². The molecule has 3 rings (SSSR count). The molecule has 100 valence electrons. The molecule has 0 spiro atoms. The summed E-state index contributed by atoms with van der Waals surface area (Å²) in [6, 6.07) is 4.70. The van der Waals surface area contributed by atoms with Gasteiger partial charge in [0, 0.05) is 18.8 Å². The van der Waals surface area contributed by atoms with E-state index in [1.165, 1.54) is 0 Å². The molecule has 2 atom stereocenters. The number of hydrogen-bond acceptors (Lipinski definition) is 4. The van der Waals surface area contributed by atoms with Gasteiger partial charge in [-0.2, -0.15) is 0 Å². The third-order valence-electron chi connectivity index (χ3n) is 3.57. The van der Waals surface area contributed by atoms with E-state index in [0.29, 0.717) is 13.0 Å². The molecule has 1 aromatic rings. The second-order valence-corrected chi connectivity index (χ2v) is 4.84. The summed E-state index contributed by atoms with van der Waals surface area (Å²) in [7, 11) is 0. The molecule has 1 aromatic carbocycles. The number of nitrogens with one attached hydrogen (secondary N) is 3. The Labute approximate surface area is 110 Å². The molecule has 1 fully saturated rings. The number of rotatable bonds is 2. The first kappa shape index (κ1) is 12.1. The third-order valence-corrected chi connectivity index (χ3v) is 3.57. The van der Waals surface area contributed by atoms with Crippen LogP contribution < -0.4 is 16.0 Å². The highest BCUT2D eigenvalue weighted by Crippen LogP contribution is 2.28. The molecular formula is C13H15N3O3. The van der Waals surface area contributed by atoms with Crippen LogP contribution in [0.4, 0.5) is 5.69 Å². The van der Waals surface area contributed by atoms with E-state index >= 15 is 0 Å². The van der Waals surface area contributed by atoms with Crippen molar-refractivity contribution in [2.45, 2.75) is 18.5 Å². The van der Waals surface area contributed by atoms with Crippen molar-refractivity contribution in [3.63, 3.8) is 0 Å². The van der Waals surface area contributed by atoms with E-state index in [1.807, 2.05) is 18.2 Å². The number of piperazine rings is 1. The monoisotopic (exact) mass is 261 g/mol. The maximum atomic E-state index is 11.3. The van der Waals surface area contributed by atoms with Crippen LogP contribution in [-0.2, 0) is 16.0 Å². The van der Waals surface area contributed by atoms with Crippen LogP contribution in [0.5, 0.6) is 0 Å². The summed E-state index contributed by atoms with van der Waals surface area (Å²) < 4.78 is 0. The fourth-order valence-corrected chi connectivity index (χ4v) is 2.67. The highest BCUT2D eigenvalue weighted by Gasteiger charge is 2.32. The van der Waals surface area contributed by atoms with E-state index in [4.69, 9.17) is 0 Å². The third kappa shape index (κ3) is 2.20. The number of fused-ring (bicyclic) bond motifs is 1. The van der Waals surface area contributed by atoms with Gasteiger partial charge in [0.2, 0.25) is 5.91 Å². The highest BCUT2D eigenvalue weighted by molar-refractivity contribution is 5.99. The van der Waals surface area contributed by atoms with Crippen molar-refractivity contribution in [1.82, 2.24) is 10.6 Å². The molecule has 2 heterocycles. The SMILES string of the molecule is O=C1Cc2cc(C3NCCNC3C(=O)O)ccc2N1. The van der Waals surface area contributed by atoms with E-state index < -0.39 is 12.0 Å². The topological polar surface area (TPSA) is 90.5 Å². The number of hydrogen-bond donors (Lipinski definition) is 4. The zero-order chi connectivity index (χ0) is 13.4. The van der Waals surface area contributed by atoms with Gasteiger partial charge >= 0.3 is 5.97 Å². The van der Waals surface area contributed by atoms with E-state index in [0.717, 1.165) is 23.4 Å². The number of carboxylic acids is 1. The Hall–Kier alpha value is -1.92. The molecule has 0 aromatic heterocycles. The largest absolute Gasteiger partial charge is 0.480 e. The second kappa shape index (κ2) is 4.64. The predicted octanol–water partition coefficient (Wildman–Crippen LogP) is -0.132. The molecule has 4 N–H and O–H groups in total. The summed E-state index contributed by atoms with van der Waals surface area (Å²) in [5, 5.41) is 18.2. The number of anilines is 1. The predicted molar refractivity (Wildman–Crippen MR) is 68.9 cm³/mol. The summed E-state index contributed by atoms with van der Waals surface area (Å²) in [5.41, 5.74) is 2.65. The summed E-state index contributed by atoms with van der Waals surface area (Å²) >= 11 is 0. The van der Waals surface area contributed by atoms with Crippen molar-refractivity contribution in [2.75, 3.05) is 18.4 Å². The molecule has 0 saturated carbocycles. The maximum absolute atomic E-state index is 11.3. The lowest BCUT2D eigenvalue weighted by Gasteiger charge is -2.31. The standard InChI is InChI=1S/C13H15N3O3/c17-10-6-8-5-7(1-2-9(8)16-10)11-12(13(18)19)15-4-3-14-11/h1-2,5,11-12,14-15H,3-4,6H2,(H,16,17)(H,18,19). The van der Waals surface area contributed by atoms with Crippen LogP contribution in [0.2, 0.25) is 0 Å². The lowest BCUT2D eigenvalue weighted by molar-refractivity contribution is -0.140. The summed E-state index contributed by atoms with van der Waals surface area (Å²) in [6.07, 6.45) is 0.362. The molecule has 1 saturated heterocycles. The highest BCUT2D eigenvalue weighted by atomic mass is 16.4. The second-order valence-electron chi connectivity index (χ2n) is 4.84. The van der Waals surface area contributed by atoms with Crippen molar-refractivity contribution >= 4 is 17.6 Å². The van der Waals surface area contributed by atoms with Crippen LogP contribution in [0.3, 0.4) is 0 Å². The molecule has 19 heavy (non-hydrogen) atoms. The maximum Gasteiger partial charge on any atom is 0.322 e. The Morgan fingerprint density at radius 3 is 2.84 bits per heavy atom. The van der Waals surface area contributed by atoms with E-state index in [1.54, 1.807) is 0 Å². The molecule has 2 aliphatic rings. The zero-order valence-corrected chi connectivity index (χ0v) is 10.3. The quantitative estimate of drug-likeness (QED) is 0.595. The Kier molecular flexibility index (Phi) is 2.96. The Bertz CT molecular complexity index is 544. The van der Waals surface area contributed by atoms with Crippen molar-refractivity contribution < 1.29 is 14.7 Å². The minimum Gasteiger partial charge on any atom is -0.480 e. The average Bonchev–Trinajstić information content (AvgIpc) is 2.77. The normalized spacial score (nSPS) is 25.8. The number of amides is 1. The van der Waals surface area contributed by atoms with Gasteiger partial charge in [-0.15, -0.1) is 0 Å². The van der Waals surface area contributed by atoms with Crippen molar-refractivity contribution in [3.8, 4) is 0 Å². The van der Waals surface area contributed by atoms with Crippen LogP contribution in [0.25, 0.3) is 0 Å². The van der Waals surface area contributed by atoms with Gasteiger partial charge in [0.25, 0.3) is 0 Å². The smallest absolute Gasteiger partial charge is 0.322 e. The fraction of sp³-hybridized carbons (Fsp3) is 0.385. The molecule has 0 bridgehead atoms. The zero-order valence-electron chi connectivity index (χ0n) is 10.3. The fourth-order valence-electron chi connectivity index (χ4n) is 2.67. The summed E-state index contributed by atoms with van der Waals surface area (Å²) in [4.78, 5) is 22.6. The first-order valence-electron chi connectivity index (χ1n) is 6.27. The number of carbonyl (C=O) groups excluding carboxylic acids is 1. The van der Waals surface area contributed by atoms with Gasteiger partial charge in [-0.05, 0) is 17.2 Å². The lowest BCUT2D eigenvalue weighted by atomic mass is 9.95. The molecule has 6 nitrogen and oxygen atoms in total. The Balaban J connectivity index is 1.91. The van der Waals surface area contributed by atoms with Crippen LogP contribution in [0.1, 0.15) is 17.2 Å². The first-order valence-corrected chi connectivity index (χ1v) is 6.27. The first-order chi connectivity index (χ1) is 9.15. The van der Waals surface area contributed by atoms with Crippen molar-refractivity contribution in [3.05, 3.63) is 29.3 Å². The van der Waals surface area contributed by atoms with E-state index in [9.17, 15) is 14.7 Å². The van der Waals surface area contributed by atoms with E-state index in [-0.39, 0.29) is 11.9 Å². The number of benzene rings is 1. The Morgan fingerprint density at radius 1 is 1.26 bits per heavy atom. The molecule has 0 radical (unpaired) electrons. The number of carbonyl (C=O) groups is 2. The number of aliphatic carboxylic acids is 1.